The monoisotopic (exact) mass is 278 g/mol. The van der Waals surface area contributed by atoms with Crippen LogP contribution in [0.25, 0.3) is 0 Å². The maximum absolute atomic E-state index is 12.4. The summed E-state index contributed by atoms with van der Waals surface area (Å²) in [7, 11) is 0. The number of hydrogen-bond donors (Lipinski definition) is 2. The van der Waals surface area contributed by atoms with Crippen LogP contribution in [-0.2, 0) is 0 Å². The van der Waals surface area contributed by atoms with Gasteiger partial charge in [0.2, 0.25) is 0 Å². The third-order valence-corrected chi connectivity index (χ3v) is 3.96. The molecule has 0 aliphatic carbocycles. The van der Waals surface area contributed by atoms with Gasteiger partial charge in [0.15, 0.2) is 0 Å². The molecule has 0 radical (unpaired) electrons. The van der Waals surface area contributed by atoms with Gasteiger partial charge in [-0.3, -0.25) is 4.79 Å². The van der Waals surface area contributed by atoms with Gasteiger partial charge >= 0.3 is 0 Å². The highest BCUT2D eigenvalue weighted by Gasteiger charge is 2.25. The Labute approximate surface area is 118 Å². The van der Waals surface area contributed by atoms with Crippen molar-refractivity contribution in [2.24, 2.45) is 11.7 Å². The smallest absolute Gasteiger partial charge is 0.254 e. The van der Waals surface area contributed by atoms with E-state index in [1.165, 1.54) is 0 Å². The lowest BCUT2D eigenvalue weighted by atomic mass is 9.96. The molecule has 19 heavy (non-hydrogen) atoms. The number of phenolic OH excluding ortho intramolecular Hbond substituents is 1. The van der Waals surface area contributed by atoms with Gasteiger partial charge in [0.1, 0.15) is 5.75 Å². The van der Waals surface area contributed by atoms with Crippen LogP contribution >= 0.6 is 12.2 Å². The van der Waals surface area contributed by atoms with Crippen molar-refractivity contribution in [2.75, 3.05) is 13.1 Å². The van der Waals surface area contributed by atoms with Crippen LogP contribution in [0.15, 0.2) is 18.2 Å². The number of hydrogen-bond acceptors (Lipinski definition) is 3. The van der Waals surface area contributed by atoms with Crippen molar-refractivity contribution in [1.29, 1.82) is 0 Å². The number of nitrogens with zero attached hydrogens (tertiary/aromatic N) is 1. The normalized spacial score (nSPS) is 16.4. The molecule has 0 aromatic heterocycles. The van der Waals surface area contributed by atoms with Crippen molar-refractivity contribution in [1.82, 2.24) is 4.90 Å². The number of nitrogens with two attached hydrogens (primary N) is 1. The average Bonchev–Trinajstić information content (AvgIpc) is 2.38. The third-order valence-electron chi connectivity index (χ3n) is 3.62. The quantitative estimate of drug-likeness (QED) is 0.810. The van der Waals surface area contributed by atoms with Gasteiger partial charge < -0.3 is 15.7 Å². The van der Waals surface area contributed by atoms with Gasteiger partial charge in [-0.25, -0.2) is 0 Å². The molecule has 5 heteroatoms. The summed E-state index contributed by atoms with van der Waals surface area (Å²) < 4.78 is 0. The number of phenols is 1. The van der Waals surface area contributed by atoms with Gasteiger partial charge in [-0.2, -0.15) is 0 Å². The number of aryl methyl sites for hydroxylation is 1. The average molecular weight is 278 g/mol. The minimum absolute atomic E-state index is 0.0129. The lowest BCUT2D eigenvalue weighted by Gasteiger charge is -2.31. The first kappa shape index (κ1) is 13.8. The molecule has 1 aliphatic heterocycles. The number of thiocarbonyl (C=S) groups is 1. The van der Waals surface area contributed by atoms with E-state index in [0.717, 1.165) is 18.4 Å². The molecule has 1 aliphatic rings. The van der Waals surface area contributed by atoms with Crippen LogP contribution < -0.4 is 5.73 Å². The minimum Gasteiger partial charge on any atom is -0.508 e. The summed E-state index contributed by atoms with van der Waals surface area (Å²) in [5.41, 5.74) is 7.08. The highest BCUT2D eigenvalue weighted by molar-refractivity contribution is 7.80. The molecule has 0 unspecified atom stereocenters. The molecular weight excluding hydrogens is 260 g/mol. The van der Waals surface area contributed by atoms with E-state index >= 15 is 0 Å². The van der Waals surface area contributed by atoms with Crippen molar-refractivity contribution in [3.8, 4) is 5.75 Å². The molecule has 1 fully saturated rings. The Hall–Kier alpha value is -1.62. The zero-order valence-corrected chi connectivity index (χ0v) is 11.7. The highest BCUT2D eigenvalue weighted by Crippen LogP contribution is 2.22. The number of rotatable bonds is 2. The van der Waals surface area contributed by atoms with E-state index in [0.29, 0.717) is 23.6 Å². The molecule has 1 aromatic carbocycles. The van der Waals surface area contributed by atoms with E-state index < -0.39 is 0 Å². The van der Waals surface area contributed by atoms with E-state index in [9.17, 15) is 9.90 Å². The summed E-state index contributed by atoms with van der Waals surface area (Å²) in [6.45, 7) is 3.19. The fraction of sp³-hybridized carbons (Fsp3) is 0.429. The van der Waals surface area contributed by atoms with Crippen molar-refractivity contribution in [3.63, 3.8) is 0 Å². The lowest BCUT2D eigenvalue weighted by molar-refractivity contribution is 0.0709. The standard InChI is InChI=1S/C14H18N2O2S/c1-9-8-11(17)2-3-12(9)14(18)16-6-4-10(5-7-16)13(15)19/h2-3,8,10,17H,4-7H2,1H3,(H2,15,19). The number of piperidine rings is 1. The molecule has 0 bridgehead atoms. The Morgan fingerprint density at radius 2 is 2.05 bits per heavy atom. The molecule has 1 aromatic rings. The van der Waals surface area contributed by atoms with Crippen molar-refractivity contribution >= 4 is 23.1 Å². The summed E-state index contributed by atoms with van der Waals surface area (Å²) in [4.78, 5) is 14.8. The van der Waals surface area contributed by atoms with Gasteiger partial charge in [0.05, 0.1) is 4.99 Å². The second-order valence-electron chi connectivity index (χ2n) is 4.97. The van der Waals surface area contributed by atoms with E-state index in [1.54, 1.807) is 18.2 Å². The Morgan fingerprint density at radius 3 is 2.58 bits per heavy atom. The van der Waals surface area contributed by atoms with Crippen LogP contribution in [0, 0.1) is 12.8 Å². The lowest BCUT2D eigenvalue weighted by Crippen LogP contribution is -2.41. The zero-order chi connectivity index (χ0) is 14.0. The largest absolute Gasteiger partial charge is 0.508 e. The summed E-state index contributed by atoms with van der Waals surface area (Å²) in [5.74, 6) is 0.445. The molecule has 0 saturated carbocycles. The zero-order valence-electron chi connectivity index (χ0n) is 10.9. The molecule has 1 saturated heterocycles. The van der Waals surface area contributed by atoms with Gasteiger partial charge in [-0.1, -0.05) is 12.2 Å². The van der Waals surface area contributed by atoms with Gasteiger partial charge in [-0.05, 0) is 43.5 Å². The fourth-order valence-electron chi connectivity index (χ4n) is 2.43. The van der Waals surface area contributed by atoms with Gasteiger partial charge in [0, 0.05) is 24.6 Å². The third kappa shape index (κ3) is 3.04. The van der Waals surface area contributed by atoms with Crippen LogP contribution in [0.5, 0.6) is 5.75 Å². The molecule has 2 rings (SSSR count). The van der Waals surface area contributed by atoms with Crippen LogP contribution in [-0.4, -0.2) is 34.0 Å². The predicted molar refractivity (Wildman–Crippen MR) is 78.3 cm³/mol. The molecular formula is C14H18N2O2S. The summed E-state index contributed by atoms with van der Waals surface area (Å²) >= 11 is 4.99. The SMILES string of the molecule is Cc1cc(O)ccc1C(=O)N1CCC(C(N)=S)CC1. The van der Waals surface area contributed by atoms with Crippen molar-refractivity contribution in [3.05, 3.63) is 29.3 Å². The Morgan fingerprint density at radius 1 is 1.42 bits per heavy atom. The van der Waals surface area contributed by atoms with E-state index in [2.05, 4.69) is 0 Å². The molecule has 1 amide bonds. The van der Waals surface area contributed by atoms with Gasteiger partial charge in [-0.15, -0.1) is 0 Å². The van der Waals surface area contributed by atoms with Crippen molar-refractivity contribution < 1.29 is 9.90 Å². The van der Waals surface area contributed by atoms with E-state index in [-0.39, 0.29) is 17.6 Å². The molecule has 0 atom stereocenters. The minimum atomic E-state index is 0.0129. The molecule has 4 nitrogen and oxygen atoms in total. The second kappa shape index (κ2) is 5.57. The van der Waals surface area contributed by atoms with Crippen molar-refractivity contribution in [2.45, 2.75) is 19.8 Å². The molecule has 1 heterocycles. The second-order valence-corrected chi connectivity index (χ2v) is 5.44. The first-order chi connectivity index (χ1) is 8.99. The topological polar surface area (TPSA) is 66.6 Å². The maximum Gasteiger partial charge on any atom is 0.254 e. The van der Waals surface area contributed by atoms with E-state index in [1.807, 2.05) is 11.8 Å². The number of benzene rings is 1. The van der Waals surface area contributed by atoms with Crippen LogP contribution in [0.2, 0.25) is 0 Å². The fourth-order valence-corrected chi connectivity index (χ4v) is 2.66. The number of amides is 1. The Balaban J connectivity index is 2.07. The maximum atomic E-state index is 12.4. The Kier molecular flexibility index (Phi) is 4.04. The number of likely N-dealkylation sites (tertiary alicyclic amines) is 1. The van der Waals surface area contributed by atoms with Crippen LogP contribution in [0.4, 0.5) is 0 Å². The summed E-state index contributed by atoms with van der Waals surface area (Å²) in [5, 5.41) is 9.37. The summed E-state index contributed by atoms with van der Waals surface area (Å²) in [6, 6.07) is 4.82. The predicted octanol–water partition coefficient (Wildman–Crippen LogP) is 1.84. The Bertz CT molecular complexity index is 508. The number of carbonyl (C=O) groups is 1. The van der Waals surface area contributed by atoms with E-state index in [4.69, 9.17) is 18.0 Å². The molecule has 3 N–H and O–H groups in total. The molecule has 0 spiro atoms. The highest BCUT2D eigenvalue weighted by atomic mass is 32.1. The van der Waals surface area contributed by atoms with Crippen LogP contribution in [0.3, 0.4) is 0 Å². The molecule has 102 valence electrons. The number of aromatic hydroxyl groups is 1. The number of carbonyl (C=O) groups excluding carboxylic acids is 1. The first-order valence-corrected chi connectivity index (χ1v) is 6.78. The van der Waals surface area contributed by atoms with Crippen LogP contribution in [0.1, 0.15) is 28.8 Å². The first-order valence-electron chi connectivity index (χ1n) is 6.37. The summed E-state index contributed by atoms with van der Waals surface area (Å²) in [6.07, 6.45) is 1.66. The van der Waals surface area contributed by atoms with Gasteiger partial charge in [0.25, 0.3) is 5.91 Å².